The molecule has 0 spiro atoms. The molecule has 2 aliphatic carbocycles. The highest BCUT2D eigenvalue weighted by Crippen LogP contribution is 2.34. The fraction of sp³-hybridized carbons (Fsp3) is 0.667. The van der Waals surface area contributed by atoms with Crippen LogP contribution in [0.25, 0.3) is 0 Å². The monoisotopic (exact) mass is 261 g/mol. The van der Waals surface area contributed by atoms with Crippen molar-refractivity contribution < 1.29 is 5.11 Å². The van der Waals surface area contributed by atoms with E-state index >= 15 is 0 Å². The van der Waals surface area contributed by atoms with Gasteiger partial charge >= 0.3 is 0 Å². The number of hydrogen-bond donors (Lipinski definition) is 2. The first-order chi connectivity index (χ1) is 9.33. The van der Waals surface area contributed by atoms with Crippen molar-refractivity contribution in [2.24, 2.45) is 5.73 Å². The predicted octanol–water partition coefficient (Wildman–Crippen LogP) is 1.38. The molecule has 0 aliphatic heterocycles. The van der Waals surface area contributed by atoms with Crippen LogP contribution >= 0.6 is 0 Å². The second-order valence-corrected chi connectivity index (χ2v) is 5.64. The maximum Gasteiger partial charge on any atom is 0.133 e. The summed E-state index contributed by atoms with van der Waals surface area (Å²) < 4.78 is 0. The van der Waals surface area contributed by atoms with Gasteiger partial charge < -0.3 is 15.7 Å². The van der Waals surface area contributed by atoms with Crippen molar-refractivity contribution in [2.45, 2.75) is 51.1 Å². The SMILES string of the molecule is NCc1cc2c(nc1N(CCO)C1CC1)CCCC2. The Bertz CT molecular complexity index is 457. The van der Waals surface area contributed by atoms with Gasteiger partial charge in [0.1, 0.15) is 5.82 Å². The van der Waals surface area contributed by atoms with Gasteiger partial charge in [0, 0.05) is 30.4 Å². The third-order valence-electron chi connectivity index (χ3n) is 4.18. The molecular formula is C15H23N3O. The highest BCUT2D eigenvalue weighted by Gasteiger charge is 2.31. The largest absolute Gasteiger partial charge is 0.395 e. The van der Waals surface area contributed by atoms with E-state index in [1.165, 1.54) is 36.9 Å². The zero-order chi connectivity index (χ0) is 13.2. The first kappa shape index (κ1) is 12.9. The van der Waals surface area contributed by atoms with Crippen molar-refractivity contribution in [2.75, 3.05) is 18.1 Å². The molecule has 104 valence electrons. The molecule has 1 fully saturated rings. The van der Waals surface area contributed by atoms with Crippen LogP contribution in [0.1, 0.15) is 42.5 Å². The van der Waals surface area contributed by atoms with E-state index in [4.69, 9.17) is 10.7 Å². The summed E-state index contributed by atoms with van der Waals surface area (Å²) >= 11 is 0. The Morgan fingerprint density at radius 1 is 1.32 bits per heavy atom. The number of aliphatic hydroxyl groups is 1. The summed E-state index contributed by atoms with van der Waals surface area (Å²) in [5.74, 6) is 1.03. The van der Waals surface area contributed by atoms with Gasteiger partial charge in [-0.1, -0.05) is 0 Å². The van der Waals surface area contributed by atoms with Gasteiger partial charge in [0.2, 0.25) is 0 Å². The number of rotatable bonds is 5. The first-order valence-electron chi connectivity index (χ1n) is 7.42. The molecule has 0 unspecified atom stereocenters. The molecule has 4 nitrogen and oxygen atoms in total. The van der Waals surface area contributed by atoms with E-state index in [2.05, 4.69) is 11.0 Å². The highest BCUT2D eigenvalue weighted by molar-refractivity contribution is 5.52. The van der Waals surface area contributed by atoms with Gasteiger partial charge in [-0.3, -0.25) is 0 Å². The predicted molar refractivity (Wildman–Crippen MR) is 76.2 cm³/mol. The molecule has 0 saturated heterocycles. The fourth-order valence-corrected chi connectivity index (χ4v) is 3.02. The van der Waals surface area contributed by atoms with Crippen molar-refractivity contribution >= 4 is 5.82 Å². The Balaban J connectivity index is 1.97. The molecule has 1 heterocycles. The van der Waals surface area contributed by atoms with Crippen molar-refractivity contribution in [3.05, 3.63) is 22.9 Å². The summed E-state index contributed by atoms with van der Waals surface area (Å²) in [6.07, 6.45) is 7.15. The van der Waals surface area contributed by atoms with Gasteiger partial charge in [-0.15, -0.1) is 0 Å². The Kier molecular flexibility index (Phi) is 3.71. The number of aliphatic hydroxyl groups excluding tert-OH is 1. The van der Waals surface area contributed by atoms with Crippen LogP contribution in [-0.2, 0) is 19.4 Å². The van der Waals surface area contributed by atoms with Crippen LogP contribution in [0.3, 0.4) is 0 Å². The van der Waals surface area contributed by atoms with Gasteiger partial charge in [-0.25, -0.2) is 4.98 Å². The molecule has 3 rings (SSSR count). The van der Waals surface area contributed by atoms with Gasteiger partial charge in [0.15, 0.2) is 0 Å². The van der Waals surface area contributed by atoms with E-state index in [-0.39, 0.29) is 6.61 Å². The zero-order valence-corrected chi connectivity index (χ0v) is 11.4. The van der Waals surface area contributed by atoms with E-state index in [0.717, 1.165) is 24.2 Å². The molecule has 0 atom stereocenters. The Labute approximate surface area is 114 Å². The number of nitrogens with two attached hydrogens (primary N) is 1. The second-order valence-electron chi connectivity index (χ2n) is 5.64. The molecule has 2 aliphatic rings. The highest BCUT2D eigenvalue weighted by atomic mass is 16.3. The molecule has 0 aromatic carbocycles. The first-order valence-corrected chi connectivity index (χ1v) is 7.42. The molecule has 1 saturated carbocycles. The lowest BCUT2D eigenvalue weighted by Gasteiger charge is -2.27. The number of anilines is 1. The molecule has 0 radical (unpaired) electrons. The average Bonchev–Trinajstić information content (AvgIpc) is 3.28. The average molecular weight is 261 g/mol. The van der Waals surface area contributed by atoms with Gasteiger partial charge in [0.05, 0.1) is 6.61 Å². The summed E-state index contributed by atoms with van der Waals surface area (Å²) in [5, 5.41) is 9.28. The summed E-state index contributed by atoms with van der Waals surface area (Å²) in [5.41, 5.74) is 9.69. The standard InChI is InChI=1S/C15H23N3O/c16-10-12-9-11-3-1-2-4-14(11)17-15(12)18(7-8-19)13-5-6-13/h9,13,19H,1-8,10,16H2. The van der Waals surface area contributed by atoms with E-state index in [9.17, 15) is 5.11 Å². The lowest BCUT2D eigenvalue weighted by Crippen LogP contribution is -2.31. The van der Waals surface area contributed by atoms with Gasteiger partial charge in [-0.2, -0.15) is 0 Å². The Morgan fingerprint density at radius 3 is 2.79 bits per heavy atom. The lowest BCUT2D eigenvalue weighted by atomic mass is 9.94. The van der Waals surface area contributed by atoms with Crippen LogP contribution in [-0.4, -0.2) is 29.3 Å². The third-order valence-corrected chi connectivity index (χ3v) is 4.18. The summed E-state index contributed by atoms with van der Waals surface area (Å²) in [6, 6.07) is 2.82. The molecule has 0 amide bonds. The third kappa shape index (κ3) is 2.60. The van der Waals surface area contributed by atoms with Crippen molar-refractivity contribution in [3.8, 4) is 0 Å². The van der Waals surface area contributed by atoms with Crippen LogP contribution in [0.5, 0.6) is 0 Å². The molecule has 1 aromatic rings. The van der Waals surface area contributed by atoms with Gasteiger partial charge in [0.25, 0.3) is 0 Å². The van der Waals surface area contributed by atoms with Crippen molar-refractivity contribution in [1.29, 1.82) is 0 Å². The normalized spacial score (nSPS) is 18.2. The minimum Gasteiger partial charge on any atom is -0.395 e. The van der Waals surface area contributed by atoms with Crippen molar-refractivity contribution in [1.82, 2.24) is 4.98 Å². The molecule has 1 aromatic heterocycles. The Hall–Kier alpha value is -1.13. The van der Waals surface area contributed by atoms with Crippen LogP contribution in [0.2, 0.25) is 0 Å². The minimum absolute atomic E-state index is 0.180. The van der Waals surface area contributed by atoms with E-state index in [0.29, 0.717) is 19.1 Å². The number of aryl methyl sites for hydroxylation is 2. The smallest absolute Gasteiger partial charge is 0.133 e. The van der Waals surface area contributed by atoms with E-state index in [1.54, 1.807) is 0 Å². The topological polar surface area (TPSA) is 62.4 Å². The molecule has 19 heavy (non-hydrogen) atoms. The second kappa shape index (κ2) is 5.47. The van der Waals surface area contributed by atoms with Crippen LogP contribution in [0, 0.1) is 0 Å². The number of nitrogens with zero attached hydrogens (tertiary/aromatic N) is 2. The Morgan fingerprint density at radius 2 is 2.11 bits per heavy atom. The molecule has 3 N–H and O–H groups in total. The van der Waals surface area contributed by atoms with Crippen LogP contribution in [0.4, 0.5) is 5.82 Å². The number of hydrogen-bond acceptors (Lipinski definition) is 4. The summed E-state index contributed by atoms with van der Waals surface area (Å²) in [6.45, 7) is 1.38. The lowest BCUT2D eigenvalue weighted by molar-refractivity contribution is 0.301. The quantitative estimate of drug-likeness (QED) is 0.840. The molecular weight excluding hydrogens is 238 g/mol. The van der Waals surface area contributed by atoms with Crippen LogP contribution in [0.15, 0.2) is 6.07 Å². The number of fused-ring (bicyclic) bond motifs is 1. The maximum absolute atomic E-state index is 9.28. The molecule has 0 bridgehead atoms. The maximum atomic E-state index is 9.28. The number of pyridine rings is 1. The summed E-state index contributed by atoms with van der Waals surface area (Å²) in [7, 11) is 0. The van der Waals surface area contributed by atoms with Gasteiger partial charge in [-0.05, 0) is 50.2 Å². The summed E-state index contributed by atoms with van der Waals surface area (Å²) in [4.78, 5) is 7.16. The number of aromatic nitrogens is 1. The zero-order valence-electron chi connectivity index (χ0n) is 11.4. The van der Waals surface area contributed by atoms with Crippen molar-refractivity contribution in [3.63, 3.8) is 0 Å². The van der Waals surface area contributed by atoms with E-state index in [1.807, 2.05) is 0 Å². The minimum atomic E-state index is 0.180. The van der Waals surface area contributed by atoms with E-state index < -0.39 is 0 Å². The fourth-order valence-electron chi connectivity index (χ4n) is 3.02. The van der Waals surface area contributed by atoms with Crippen LogP contribution < -0.4 is 10.6 Å². The molecule has 4 heteroatoms.